The molecule has 0 aromatic heterocycles. The monoisotopic (exact) mass is 436 g/mol. The summed E-state index contributed by atoms with van der Waals surface area (Å²) in [5.74, 6) is 1.30. The van der Waals surface area contributed by atoms with Crippen LogP contribution in [-0.2, 0) is 16.1 Å². The Balaban J connectivity index is 1.70. The van der Waals surface area contributed by atoms with Crippen LogP contribution >= 0.6 is 0 Å². The van der Waals surface area contributed by atoms with E-state index in [0.29, 0.717) is 0 Å². The van der Waals surface area contributed by atoms with Crippen molar-refractivity contribution in [2.24, 2.45) is 0 Å². The molecule has 1 aliphatic rings. The first-order valence-electron chi connectivity index (χ1n) is 10.9. The quantitative estimate of drug-likeness (QED) is 0.326. The first-order chi connectivity index (χ1) is 16.2. The van der Waals surface area contributed by atoms with Gasteiger partial charge < -0.3 is 14.2 Å². The molecule has 1 atom stereocenters. The Morgan fingerprint density at radius 2 is 1.61 bits per heavy atom. The van der Waals surface area contributed by atoms with E-state index in [-0.39, 0.29) is 18.7 Å². The molecule has 164 valence electrons. The van der Waals surface area contributed by atoms with E-state index in [0.717, 1.165) is 50.1 Å². The van der Waals surface area contributed by atoms with Gasteiger partial charge in [0.25, 0.3) is 0 Å². The third-order valence-electron chi connectivity index (χ3n) is 5.92. The Morgan fingerprint density at radius 1 is 0.909 bits per heavy atom. The van der Waals surface area contributed by atoms with Gasteiger partial charge in [-0.3, -0.25) is 4.79 Å². The van der Waals surface area contributed by atoms with Crippen molar-refractivity contribution >= 4 is 22.8 Å². The van der Waals surface area contributed by atoms with Crippen LogP contribution in [-0.4, -0.2) is 13.1 Å². The standard InChI is InChI=1S/C29H24O4/c1-19(30)32-18-26-25-16-17-27(20-12-14-22(31-2)15-13-20)33-29(25)24-11-7-6-10-23(24)28(26)21-8-4-3-5-9-21/h3-17,27H,18H2,1-2H3. The maximum atomic E-state index is 11.7. The second-order valence-electron chi connectivity index (χ2n) is 7.96. The Morgan fingerprint density at radius 3 is 2.30 bits per heavy atom. The molecule has 0 fully saturated rings. The number of fused-ring (bicyclic) bond motifs is 3. The van der Waals surface area contributed by atoms with E-state index in [4.69, 9.17) is 14.2 Å². The van der Waals surface area contributed by atoms with Gasteiger partial charge in [0.05, 0.1) is 7.11 Å². The highest BCUT2D eigenvalue weighted by Gasteiger charge is 2.25. The van der Waals surface area contributed by atoms with Crippen LogP contribution in [0.3, 0.4) is 0 Å². The smallest absolute Gasteiger partial charge is 0.302 e. The van der Waals surface area contributed by atoms with Gasteiger partial charge in [-0.25, -0.2) is 0 Å². The van der Waals surface area contributed by atoms with Crippen LogP contribution in [0.25, 0.3) is 28.0 Å². The summed E-state index contributed by atoms with van der Waals surface area (Å²) in [6.07, 6.45) is 3.91. The summed E-state index contributed by atoms with van der Waals surface area (Å²) < 4.78 is 17.4. The fourth-order valence-corrected chi connectivity index (χ4v) is 4.36. The zero-order valence-corrected chi connectivity index (χ0v) is 18.6. The molecule has 1 heterocycles. The summed E-state index contributed by atoms with van der Waals surface area (Å²) >= 11 is 0. The van der Waals surface area contributed by atoms with E-state index in [9.17, 15) is 4.79 Å². The van der Waals surface area contributed by atoms with Gasteiger partial charge in [0.2, 0.25) is 0 Å². The van der Waals surface area contributed by atoms with Crippen molar-refractivity contribution in [2.45, 2.75) is 19.6 Å². The van der Waals surface area contributed by atoms with Gasteiger partial charge in [0.1, 0.15) is 24.2 Å². The van der Waals surface area contributed by atoms with Crippen LogP contribution in [0.1, 0.15) is 29.7 Å². The molecule has 1 unspecified atom stereocenters. The van der Waals surface area contributed by atoms with Crippen LogP contribution in [0.5, 0.6) is 11.5 Å². The molecule has 4 aromatic carbocycles. The number of rotatable bonds is 5. The minimum absolute atomic E-state index is 0.174. The van der Waals surface area contributed by atoms with Crippen molar-refractivity contribution in [1.29, 1.82) is 0 Å². The third-order valence-corrected chi connectivity index (χ3v) is 5.92. The van der Waals surface area contributed by atoms with Crippen molar-refractivity contribution < 1.29 is 19.0 Å². The largest absolute Gasteiger partial charge is 0.497 e. The van der Waals surface area contributed by atoms with Gasteiger partial charge >= 0.3 is 5.97 Å². The predicted octanol–water partition coefficient (Wildman–Crippen LogP) is 6.73. The fourth-order valence-electron chi connectivity index (χ4n) is 4.36. The highest BCUT2D eigenvalue weighted by Crippen LogP contribution is 2.46. The molecule has 4 heteroatoms. The van der Waals surface area contributed by atoms with Gasteiger partial charge in [0.15, 0.2) is 0 Å². The van der Waals surface area contributed by atoms with E-state index < -0.39 is 0 Å². The lowest BCUT2D eigenvalue weighted by molar-refractivity contribution is -0.142. The molecule has 0 spiro atoms. The second-order valence-corrected chi connectivity index (χ2v) is 7.96. The Hall–Kier alpha value is -4.05. The molecule has 0 saturated heterocycles. The van der Waals surface area contributed by atoms with E-state index in [1.807, 2.05) is 60.7 Å². The number of benzene rings is 4. The SMILES string of the molecule is COc1ccc(C2C=Cc3c(COC(C)=O)c(-c4ccccc4)c4ccccc4c3O2)cc1. The van der Waals surface area contributed by atoms with Crippen LogP contribution in [0, 0.1) is 0 Å². The average molecular weight is 437 g/mol. The molecule has 4 nitrogen and oxygen atoms in total. The molecule has 1 aliphatic heterocycles. The average Bonchev–Trinajstić information content (AvgIpc) is 2.87. The Kier molecular flexibility index (Phi) is 5.57. The van der Waals surface area contributed by atoms with Gasteiger partial charge in [-0.15, -0.1) is 0 Å². The molecule has 0 bridgehead atoms. The molecule has 33 heavy (non-hydrogen) atoms. The Labute approximate surface area is 193 Å². The van der Waals surface area contributed by atoms with Crippen LogP contribution < -0.4 is 9.47 Å². The highest BCUT2D eigenvalue weighted by atomic mass is 16.5. The van der Waals surface area contributed by atoms with Crippen LogP contribution in [0.4, 0.5) is 0 Å². The number of carbonyl (C=O) groups excluding carboxylic acids is 1. The van der Waals surface area contributed by atoms with Crippen LogP contribution in [0.15, 0.2) is 84.9 Å². The maximum absolute atomic E-state index is 11.7. The number of hydrogen-bond acceptors (Lipinski definition) is 4. The third kappa shape index (κ3) is 3.96. The molecular weight excluding hydrogens is 412 g/mol. The molecule has 5 rings (SSSR count). The first kappa shape index (κ1) is 20.8. The van der Waals surface area contributed by atoms with Gasteiger partial charge in [-0.1, -0.05) is 72.8 Å². The molecule has 0 aliphatic carbocycles. The zero-order chi connectivity index (χ0) is 22.8. The van der Waals surface area contributed by atoms with Crippen molar-refractivity contribution in [2.75, 3.05) is 7.11 Å². The van der Waals surface area contributed by atoms with Crippen molar-refractivity contribution in [3.8, 4) is 22.6 Å². The topological polar surface area (TPSA) is 44.8 Å². The molecule has 0 saturated carbocycles. The summed E-state index contributed by atoms with van der Waals surface area (Å²) in [4.78, 5) is 11.7. The number of carbonyl (C=O) groups is 1. The summed E-state index contributed by atoms with van der Waals surface area (Å²) in [6.45, 7) is 1.61. The summed E-state index contributed by atoms with van der Waals surface area (Å²) in [6, 6.07) is 26.3. The molecule has 4 aromatic rings. The summed E-state index contributed by atoms with van der Waals surface area (Å²) in [7, 11) is 1.66. The van der Waals surface area contributed by atoms with Crippen molar-refractivity contribution in [3.63, 3.8) is 0 Å². The van der Waals surface area contributed by atoms with E-state index >= 15 is 0 Å². The van der Waals surface area contributed by atoms with Crippen molar-refractivity contribution in [1.82, 2.24) is 0 Å². The highest BCUT2D eigenvalue weighted by molar-refractivity contribution is 6.05. The zero-order valence-electron chi connectivity index (χ0n) is 18.6. The lowest BCUT2D eigenvalue weighted by Gasteiger charge is -2.27. The first-order valence-corrected chi connectivity index (χ1v) is 10.9. The lowest BCUT2D eigenvalue weighted by Crippen LogP contribution is -2.12. The summed E-state index contributed by atoms with van der Waals surface area (Å²) in [5.41, 5.74) is 5.05. The molecule has 0 N–H and O–H groups in total. The number of hydrogen-bond donors (Lipinski definition) is 0. The van der Waals surface area contributed by atoms with E-state index in [1.54, 1.807) is 7.11 Å². The number of ether oxygens (including phenoxy) is 3. The fraction of sp³-hybridized carbons (Fsp3) is 0.138. The van der Waals surface area contributed by atoms with Gasteiger partial charge in [-0.05, 0) is 40.3 Å². The molecular formula is C29H24O4. The number of methoxy groups -OCH3 is 1. The molecule has 0 amide bonds. The van der Waals surface area contributed by atoms with E-state index in [2.05, 4.69) is 30.3 Å². The minimum atomic E-state index is -0.312. The van der Waals surface area contributed by atoms with Crippen molar-refractivity contribution in [3.05, 3.63) is 102 Å². The molecule has 0 radical (unpaired) electrons. The lowest BCUT2D eigenvalue weighted by atomic mass is 9.87. The van der Waals surface area contributed by atoms with Crippen LogP contribution in [0.2, 0.25) is 0 Å². The Bertz CT molecular complexity index is 1340. The maximum Gasteiger partial charge on any atom is 0.302 e. The van der Waals surface area contributed by atoms with Gasteiger partial charge in [-0.2, -0.15) is 0 Å². The van der Waals surface area contributed by atoms with Gasteiger partial charge in [0, 0.05) is 23.4 Å². The normalized spacial score (nSPS) is 14.4. The number of esters is 1. The minimum Gasteiger partial charge on any atom is -0.497 e. The second kappa shape index (κ2) is 8.83. The predicted molar refractivity (Wildman–Crippen MR) is 130 cm³/mol. The van der Waals surface area contributed by atoms with E-state index in [1.165, 1.54) is 6.92 Å². The summed E-state index contributed by atoms with van der Waals surface area (Å²) in [5, 5.41) is 2.09.